The van der Waals surface area contributed by atoms with E-state index in [4.69, 9.17) is 10.5 Å². The number of para-hydroxylation sites is 2. The third-order valence-electron chi connectivity index (χ3n) is 2.50. The van der Waals surface area contributed by atoms with E-state index in [0.29, 0.717) is 6.54 Å². The lowest BCUT2D eigenvalue weighted by Gasteiger charge is -2.08. The average Bonchev–Trinajstić information content (AvgIpc) is 2.70. The SMILES string of the molecule is COc1ccccc1-n1nnc(CN)c1C. The molecular weight excluding hydrogens is 204 g/mol. The van der Waals surface area contributed by atoms with Gasteiger partial charge in [-0.3, -0.25) is 0 Å². The second-order valence-electron chi connectivity index (χ2n) is 3.41. The Morgan fingerprint density at radius 1 is 1.38 bits per heavy atom. The van der Waals surface area contributed by atoms with Crippen molar-refractivity contribution >= 4 is 0 Å². The van der Waals surface area contributed by atoms with Gasteiger partial charge in [-0.1, -0.05) is 17.3 Å². The molecule has 1 aromatic heterocycles. The summed E-state index contributed by atoms with van der Waals surface area (Å²) in [6.45, 7) is 2.33. The molecule has 0 aliphatic carbocycles. The first-order valence-electron chi connectivity index (χ1n) is 5.02. The fourth-order valence-electron chi connectivity index (χ4n) is 1.58. The van der Waals surface area contributed by atoms with Crippen LogP contribution in [0.15, 0.2) is 24.3 Å². The average molecular weight is 218 g/mol. The van der Waals surface area contributed by atoms with Crippen LogP contribution in [0, 0.1) is 6.92 Å². The van der Waals surface area contributed by atoms with E-state index in [1.807, 2.05) is 31.2 Å². The first-order valence-corrected chi connectivity index (χ1v) is 5.02. The molecule has 2 N–H and O–H groups in total. The fraction of sp³-hybridized carbons (Fsp3) is 0.273. The summed E-state index contributed by atoms with van der Waals surface area (Å²) in [5.74, 6) is 0.763. The third-order valence-corrected chi connectivity index (χ3v) is 2.50. The third kappa shape index (κ3) is 1.65. The maximum Gasteiger partial charge on any atom is 0.144 e. The molecule has 0 fully saturated rings. The summed E-state index contributed by atoms with van der Waals surface area (Å²) in [5, 5.41) is 8.09. The molecule has 0 bridgehead atoms. The maximum atomic E-state index is 5.57. The Bertz CT molecular complexity index is 492. The van der Waals surface area contributed by atoms with Crippen LogP contribution in [-0.2, 0) is 6.54 Å². The number of aromatic nitrogens is 3. The lowest BCUT2D eigenvalue weighted by molar-refractivity contribution is 0.411. The molecule has 2 aromatic rings. The number of nitrogens with two attached hydrogens (primary N) is 1. The van der Waals surface area contributed by atoms with Gasteiger partial charge in [0.15, 0.2) is 0 Å². The Morgan fingerprint density at radius 2 is 2.12 bits per heavy atom. The van der Waals surface area contributed by atoms with E-state index in [1.165, 1.54) is 0 Å². The van der Waals surface area contributed by atoms with E-state index in [2.05, 4.69) is 10.3 Å². The molecule has 5 heteroatoms. The second-order valence-corrected chi connectivity index (χ2v) is 3.41. The quantitative estimate of drug-likeness (QED) is 0.836. The van der Waals surface area contributed by atoms with Crippen LogP contribution in [0.2, 0.25) is 0 Å². The lowest BCUT2D eigenvalue weighted by Crippen LogP contribution is -2.03. The van der Waals surface area contributed by atoms with Crippen molar-refractivity contribution in [3.63, 3.8) is 0 Å². The number of hydrogen-bond acceptors (Lipinski definition) is 4. The van der Waals surface area contributed by atoms with Gasteiger partial charge in [-0.25, -0.2) is 4.68 Å². The van der Waals surface area contributed by atoms with Gasteiger partial charge in [-0.05, 0) is 19.1 Å². The van der Waals surface area contributed by atoms with E-state index in [0.717, 1.165) is 22.8 Å². The summed E-state index contributed by atoms with van der Waals surface area (Å²) in [5.41, 5.74) is 8.17. The highest BCUT2D eigenvalue weighted by molar-refractivity contribution is 5.46. The van der Waals surface area contributed by atoms with Crippen LogP contribution in [-0.4, -0.2) is 22.1 Å². The molecule has 1 heterocycles. The predicted molar refractivity (Wildman–Crippen MR) is 60.5 cm³/mol. The van der Waals surface area contributed by atoms with Crippen LogP contribution < -0.4 is 10.5 Å². The van der Waals surface area contributed by atoms with Gasteiger partial charge in [0, 0.05) is 6.54 Å². The van der Waals surface area contributed by atoms with Crippen molar-refractivity contribution in [3.8, 4) is 11.4 Å². The van der Waals surface area contributed by atoms with Gasteiger partial charge in [0.25, 0.3) is 0 Å². The molecule has 5 nitrogen and oxygen atoms in total. The Hall–Kier alpha value is -1.88. The number of hydrogen-bond donors (Lipinski definition) is 1. The van der Waals surface area contributed by atoms with E-state index >= 15 is 0 Å². The zero-order valence-corrected chi connectivity index (χ0v) is 9.34. The molecular formula is C11H14N4O. The van der Waals surface area contributed by atoms with Crippen molar-refractivity contribution in [3.05, 3.63) is 35.7 Å². The summed E-state index contributed by atoms with van der Waals surface area (Å²) in [6, 6.07) is 7.67. The topological polar surface area (TPSA) is 66.0 Å². The van der Waals surface area contributed by atoms with Crippen molar-refractivity contribution < 1.29 is 4.74 Å². The maximum absolute atomic E-state index is 5.57. The molecule has 0 aliphatic heterocycles. The molecule has 84 valence electrons. The summed E-state index contributed by atoms with van der Waals surface area (Å²) >= 11 is 0. The zero-order chi connectivity index (χ0) is 11.5. The molecule has 16 heavy (non-hydrogen) atoms. The zero-order valence-electron chi connectivity index (χ0n) is 9.34. The van der Waals surface area contributed by atoms with Crippen molar-refractivity contribution in [2.45, 2.75) is 13.5 Å². The monoisotopic (exact) mass is 218 g/mol. The minimum Gasteiger partial charge on any atom is -0.494 e. The molecule has 0 radical (unpaired) electrons. The Balaban J connectivity index is 2.54. The van der Waals surface area contributed by atoms with Gasteiger partial charge < -0.3 is 10.5 Å². The minimum atomic E-state index is 0.390. The predicted octanol–water partition coefficient (Wildman–Crippen LogP) is 1.04. The second kappa shape index (κ2) is 4.32. The summed E-state index contributed by atoms with van der Waals surface area (Å²) in [7, 11) is 1.63. The number of nitrogens with zero attached hydrogens (tertiary/aromatic N) is 3. The molecule has 0 amide bonds. The first-order chi connectivity index (χ1) is 7.77. The molecule has 2 rings (SSSR count). The van der Waals surface area contributed by atoms with Crippen LogP contribution >= 0.6 is 0 Å². The van der Waals surface area contributed by atoms with E-state index in [9.17, 15) is 0 Å². The van der Waals surface area contributed by atoms with Gasteiger partial charge in [-0.2, -0.15) is 0 Å². The van der Waals surface area contributed by atoms with Gasteiger partial charge in [-0.15, -0.1) is 5.10 Å². The number of ether oxygens (including phenoxy) is 1. The highest BCUT2D eigenvalue weighted by atomic mass is 16.5. The van der Waals surface area contributed by atoms with Crippen molar-refractivity contribution in [2.75, 3.05) is 7.11 Å². The largest absolute Gasteiger partial charge is 0.494 e. The van der Waals surface area contributed by atoms with Crippen LogP contribution in [0.3, 0.4) is 0 Å². The minimum absolute atomic E-state index is 0.390. The fourth-order valence-corrected chi connectivity index (χ4v) is 1.58. The standard InChI is InChI=1S/C11H14N4O/c1-8-9(7-12)13-14-15(8)10-5-3-4-6-11(10)16-2/h3-6H,7,12H2,1-2H3. The van der Waals surface area contributed by atoms with Crippen LogP contribution in [0.5, 0.6) is 5.75 Å². The van der Waals surface area contributed by atoms with E-state index in [-0.39, 0.29) is 0 Å². The molecule has 0 spiro atoms. The summed E-state index contributed by atoms with van der Waals surface area (Å²) in [4.78, 5) is 0. The number of methoxy groups -OCH3 is 1. The van der Waals surface area contributed by atoms with Crippen molar-refractivity contribution in [1.29, 1.82) is 0 Å². The van der Waals surface area contributed by atoms with Gasteiger partial charge in [0.1, 0.15) is 11.4 Å². The Labute approximate surface area is 93.8 Å². The Morgan fingerprint density at radius 3 is 2.75 bits per heavy atom. The van der Waals surface area contributed by atoms with Crippen molar-refractivity contribution in [1.82, 2.24) is 15.0 Å². The van der Waals surface area contributed by atoms with Gasteiger partial charge in [0.2, 0.25) is 0 Å². The van der Waals surface area contributed by atoms with Gasteiger partial charge in [0.05, 0.1) is 18.5 Å². The highest BCUT2D eigenvalue weighted by Gasteiger charge is 2.11. The molecule has 0 unspecified atom stereocenters. The van der Waals surface area contributed by atoms with Crippen molar-refractivity contribution in [2.24, 2.45) is 5.73 Å². The summed E-state index contributed by atoms with van der Waals surface area (Å²) < 4.78 is 7.01. The molecule has 0 atom stereocenters. The van der Waals surface area contributed by atoms with Crippen LogP contribution in [0.25, 0.3) is 5.69 Å². The Kier molecular flexibility index (Phi) is 2.87. The normalized spacial score (nSPS) is 10.4. The van der Waals surface area contributed by atoms with Crippen LogP contribution in [0.1, 0.15) is 11.4 Å². The molecule has 1 aromatic carbocycles. The van der Waals surface area contributed by atoms with Gasteiger partial charge >= 0.3 is 0 Å². The van der Waals surface area contributed by atoms with E-state index in [1.54, 1.807) is 11.8 Å². The number of benzene rings is 1. The molecule has 0 aliphatic rings. The lowest BCUT2D eigenvalue weighted by atomic mass is 10.2. The smallest absolute Gasteiger partial charge is 0.144 e. The van der Waals surface area contributed by atoms with Crippen LogP contribution in [0.4, 0.5) is 0 Å². The highest BCUT2D eigenvalue weighted by Crippen LogP contribution is 2.22. The molecule has 0 saturated heterocycles. The number of rotatable bonds is 3. The first kappa shape index (κ1) is 10.6. The summed E-state index contributed by atoms with van der Waals surface area (Å²) in [6.07, 6.45) is 0. The molecule has 0 saturated carbocycles. The van der Waals surface area contributed by atoms with E-state index < -0.39 is 0 Å².